The molecule has 0 heterocycles. The molecular weight excluding hydrogens is 431 g/mol. The van der Waals surface area contributed by atoms with Gasteiger partial charge in [0.15, 0.2) is 0 Å². The molecule has 5 heteroatoms. The van der Waals surface area contributed by atoms with Gasteiger partial charge in [-0.05, 0) is 76.2 Å². The number of halogens is 5. The first-order valence-corrected chi connectivity index (χ1v) is 11.0. The van der Waals surface area contributed by atoms with Crippen LogP contribution in [-0.2, 0) is 12.6 Å². The Morgan fingerprint density at radius 3 is 1.88 bits per heavy atom. The van der Waals surface area contributed by atoms with E-state index in [0.29, 0.717) is 11.1 Å². The maximum Gasteiger partial charge on any atom is 0.416 e. The quantitative estimate of drug-likeness (QED) is 0.201. The molecule has 170 valence electrons. The van der Waals surface area contributed by atoms with Gasteiger partial charge in [-0.2, -0.15) is 13.2 Å². The van der Waals surface area contributed by atoms with E-state index < -0.39 is 23.4 Å². The lowest BCUT2D eigenvalue weighted by molar-refractivity contribution is -0.137. The third-order valence-corrected chi connectivity index (χ3v) is 5.85. The Hall–Kier alpha value is -3.21. The fourth-order valence-corrected chi connectivity index (χ4v) is 4.05. The van der Waals surface area contributed by atoms with Crippen LogP contribution in [0.4, 0.5) is 22.0 Å². The van der Waals surface area contributed by atoms with E-state index in [1.165, 1.54) is 30.5 Å². The summed E-state index contributed by atoms with van der Waals surface area (Å²) in [7, 11) is 0. The molecule has 0 nitrogen and oxygen atoms in total. The van der Waals surface area contributed by atoms with Crippen LogP contribution in [0.1, 0.15) is 37.3 Å². The summed E-state index contributed by atoms with van der Waals surface area (Å²) in [5.41, 5.74) is 1.14. The molecule has 0 aliphatic carbocycles. The number of aryl methyl sites for hydroxylation is 1. The molecule has 4 aromatic carbocycles. The van der Waals surface area contributed by atoms with Crippen molar-refractivity contribution in [2.75, 3.05) is 0 Å². The highest BCUT2D eigenvalue weighted by atomic mass is 19.4. The van der Waals surface area contributed by atoms with Gasteiger partial charge < -0.3 is 0 Å². The minimum atomic E-state index is -4.51. The van der Waals surface area contributed by atoms with Gasteiger partial charge in [-0.1, -0.05) is 62.2 Å². The lowest BCUT2D eigenvalue weighted by Crippen LogP contribution is -2.04. The molecule has 0 spiro atoms. The molecule has 0 radical (unpaired) electrons. The van der Waals surface area contributed by atoms with E-state index in [4.69, 9.17) is 0 Å². The second kappa shape index (κ2) is 9.34. The minimum Gasteiger partial charge on any atom is -0.206 e. The van der Waals surface area contributed by atoms with Crippen molar-refractivity contribution in [2.45, 2.75) is 38.8 Å². The van der Waals surface area contributed by atoms with E-state index in [9.17, 15) is 22.0 Å². The topological polar surface area (TPSA) is 0 Å². The first kappa shape index (κ1) is 23.0. The van der Waals surface area contributed by atoms with Gasteiger partial charge in [0.05, 0.1) is 11.1 Å². The molecule has 0 amide bonds. The Morgan fingerprint density at radius 2 is 1.24 bits per heavy atom. The molecule has 0 unspecified atom stereocenters. The Bertz CT molecular complexity index is 1250. The zero-order valence-corrected chi connectivity index (χ0v) is 18.1. The zero-order valence-electron chi connectivity index (χ0n) is 18.1. The fraction of sp³-hybridized carbons (Fsp3) is 0.214. The molecule has 0 aliphatic rings. The Kier molecular flexibility index (Phi) is 6.50. The summed E-state index contributed by atoms with van der Waals surface area (Å²) in [6.45, 7) is 2.17. The Labute approximate surface area is 189 Å². The fourth-order valence-electron chi connectivity index (χ4n) is 4.05. The van der Waals surface area contributed by atoms with Gasteiger partial charge in [0.1, 0.15) is 11.6 Å². The average Bonchev–Trinajstić information content (AvgIpc) is 2.78. The molecule has 33 heavy (non-hydrogen) atoms. The van der Waals surface area contributed by atoms with Crippen LogP contribution in [0.25, 0.3) is 33.0 Å². The standard InChI is InChI=1S/C28H23F5/c1-2-3-4-5-18-6-7-21-15-22(9-8-20(21)14-18)23-16-25(29)27(26(30)17-23)19-10-12-24(13-11-19)28(31,32)33/h6-17H,2-5H2,1H3. The molecule has 0 atom stereocenters. The molecular formula is C28H23F5. The van der Waals surface area contributed by atoms with E-state index in [0.717, 1.165) is 47.9 Å². The highest BCUT2D eigenvalue weighted by molar-refractivity contribution is 5.88. The highest BCUT2D eigenvalue weighted by Crippen LogP contribution is 2.35. The summed E-state index contributed by atoms with van der Waals surface area (Å²) < 4.78 is 68.1. The summed E-state index contributed by atoms with van der Waals surface area (Å²) in [5.74, 6) is -1.65. The van der Waals surface area contributed by atoms with Crippen LogP contribution in [0, 0.1) is 11.6 Å². The van der Waals surface area contributed by atoms with Crippen LogP contribution in [0.3, 0.4) is 0 Å². The van der Waals surface area contributed by atoms with Crippen molar-refractivity contribution in [3.63, 3.8) is 0 Å². The molecule has 0 aliphatic heterocycles. The minimum absolute atomic E-state index is 0.0543. The summed E-state index contributed by atoms with van der Waals surface area (Å²) in [6.07, 6.45) is 0.0153. The number of unbranched alkanes of at least 4 members (excludes halogenated alkanes) is 2. The number of hydrogen-bond donors (Lipinski definition) is 0. The molecule has 0 saturated heterocycles. The van der Waals surface area contributed by atoms with E-state index >= 15 is 0 Å². The molecule has 0 bridgehead atoms. The van der Waals surface area contributed by atoms with Gasteiger partial charge in [0.25, 0.3) is 0 Å². The first-order valence-electron chi connectivity index (χ1n) is 11.0. The third-order valence-electron chi connectivity index (χ3n) is 5.85. The molecule has 0 aromatic heterocycles. The maximum absolute atomic E-state index is 14.9. The van der Waals surface area contributed by atoms with Crippen LogP contribution in [0.2, 0.25) is 0 Å². The zero-order chi connectivity index (χ0) is 23.6. The van der Waals surface area contributed by atoms with Crippen molar-refractivity contribution in [3.8, 4) is 22.3 Å². The maximum atomic E-state index is 14.9. The van der Waals surface area contributed by atoms with E-state index in [2.05, 4.69) is 19.1 Å². The van der Waals surface area contributed by atoms with Crippen molar-refractivity contribution < 1.29 is 22.0 Å². The highest BCUT2D eigenvalue weighted by Gasteiger charge is 2.30. The van der Waals surface area contributed by atoms with Crippen molar-refractivity contribution in [1.29, 1.82) is 0 Å². The largest absolute Gasteiger partial charge is 0.416 e. The van der Waals surface area contributed by atoms with Crippen LogP contribution in [0.5, 0.6) is 0 Å². The van der Waals surface area contributed by atoms with Gasteiger partial charge in [-0.3, -0.25) is 0 Å². The van der Waals surface area contributed by atoms with Gasteiger partial charge in [0.2, 0.25) is 0 Å². The number of fused-ring (bicyclic) bond motifs is 1. The lowest BCUT2D eigenvalue weighted by Gasteiger charge is -2.11. The second-order valence-corrected chi connectivity index (χ2v) is 8.24. The van der Waals surface area contributed by atoms with E-state index in [-0.39, 0.29) is 11.1 Å². The van der Waals surface area contributed by atoms with Gasteiger partial charge in [-0.25, -0.2) is 8.78 Å². The van der Waals surface area contributed by atoms with Crippen molar-refractivity contribution in [3.05, 3.63) is 95.6 Å². The predicted molar refractivity (Wildman–Crippen MR) is 123 cm³/mol. The third kappa shape index (κ3) is 5.08. The Morgan fingerprint density at radius 1 is 0.636 bits per heavy atom. The molecule has 4 rings (SSSR count). The van der Waals surface area contributed by atoms with Crippen LogP contribution >= 0.6 is 0 Å². The summed E-state index contributed by atoms with van der Waals surface area (Å²) >= 11 is 0. The molecule has 0 fully saturated rings. The average molecular weight is 454 g/mol. The van der Waals surface area contributed by atoms with Gasteiger partial charge >= 0.3 is 6.18 Å². The molecule has 0 N–H and O–H groups in total. The summed E-state index contributed by atoms with van der Waals surface area (Å²) in [6, 6.07) is 18.1. The van der Waals surface area contributed by atoms with Gasteiger partial charge in [0, 0.05) is 0 Å². The van der Waals surface area contributed by atoms with Crippen molar-refractivity contribution in [2.24, 2.45) is 0 Å². The second-order valence-electron chi connectivity index (χ2n) is 8.24. The molecule has 0 saturated carbocycles. The first-order chi connectivity index (χ1) is 15.8. The number of rotatable bonds is 6. The number of benzene rings is 4. The SMILES string of the molecule is CCCCCc1ccc2cc(-c3cc(F)c(-c4ccc(C(F)(F)F)cc4)c(F)c3)ccc2c1. The van der Waals surface area contributed by atoms with Crippen LogP contribution < -0.4 is 0 Å². The van der Waals surface area contributed by atoms with E-state index in [1.807, 2.05) is 24.3 Å². The summed E-state index contributed by atoms with van der Waals surface area (Å²) in [4.78, 5) is 0. The predicted octanol–water partition coefficient (Wildman–Crippen LogP) is 9.20. The smallest absolute Gasteiger partial charge is 0.206 e. The normalized spacial score (nSPS) is 11.8. The van der Waals surface area contributed by atoms with Crippen molar-refractivity contribution in [1.82, 2.24) is 0 Å². The number of alkyl halides is 3. The monoisotopic (exact) mass is 454 g/mol. The van der Waals surface area contributed by atoms with Crippen LogP contribution in [0.15, 0.2) is 72.8 Å². The molecule has 4 aromatic rings. The lowest BCUT2D eigenvalue weighted by atomic mass is 9.96. The van der Waals surface area contributed by atoms with Crippen LogP contribution in [-0.4, -0.2) is 0 Å². The van der Waals surface area contributed by atoms with E-state index in [1.54, 1.807) is 0 Å². The van der Waals surface area contributed by atoms with Gasteiger partial charge in [-0.15, -0.1) is 0 Å². The summed E-state index contributed by atoms with van der Waals surface area (Å²) in [5, 5.41) is 2.04. The number of hydrogen-bond acceptors (Lipinski definition) is 0. The van der Waals surface area contributed by atoms with Crippen molar-refractivity contribution >= 4 is 10.8 Å². The Balaban J connectivity index is 1.64.